The molecule has 4 aromatic rings. The normalized spacial score (nSPS) is 12.5. The van der Waals surface area contributed by atoms with Crippen LogP contribution in [0.4, 0.5) is 28.4 Å². The molecule has 0 spiro atoms. The summed E-state index contributed by atoms with van der Waals surface area (Å²) in [6.07, 6.45) is 0. The van der Waals surface area contributed by atoms with Gasteiger partial charge in [-0.25, -0.2) is 8.42 Å². The van der Waals surface area contributed by atoms with Crippen molar-refractivity contribution in [3.63, 3.8) is 0 Å². The van der Waals surface area contributed by atoms with Gasteiger partial charge in [-0.2, -0.15) is 18.6 Å². The Labute approximate surface area is 218 Å². The number of aromatic hydroxyl groups is 1. The van der Waals surface area contributed by atoms with E-state index in [1.54, 1.807) is 12.1 Å². The second-order valence-corrected chi connectivity index (χ2v) is 11.4. The molecular formula is C25H21N5O6S2. The lowest BCUT2D eigenvalue weighted by Gasteiger charge is -2.12. The first-order chi connectivity index (χ1) is 17.9. The second-order valence-electron chi connectivity index (χ2n) is 8.08. The van der Waals surface area contributed by atoms with Crippen LogP contribution in [-0.4, -0.2) is 26.5 Å². The fourth-order valence-electron chi connectivity index (χ4n) is 3.47. The molecule has 0 saturated heterocycles. The van der Waals surface area contributed by atoms with Gasteiger partial charge in [0.15, 0.2) is 15.6 Å². The summed E-state index contributed by atoms with van der Waals surface area (Å²) < 4.78 is 57.8. The Balaban J connectivity index is 1.82. The van der Waals surface area contributed by atoms with Crippen LogP contribution in [-0.2, 0) is 20.0 Å². The Bertz CT molecular complexity index is 1830. The monoisotopic (exact) mass is 551 g/mol. The predicted octanol–water partition coefficient (Wildman–Crippen LogP) is 6.43. The number of sulfone groups is 1. The molecule has 0 heterocycles. The van der Waals surface area contributed by atoms with Crippen LogP contribution < -0.4 is 5.73 Å². The number of phenolic OH excluding ortho intramolecular Hbond substituents is 1. The number of hydrogen-bond donors (Lipinski definition) is 3. The topological polar surface area (TPSA) is 184 Å². The van der Waals surface area contributed by atoms with Crippen LogP contribution >= 0.6 is 0 Å². The first-order valence-corrected chi connectivity index (χ1v) is 13.8. The van der Waals surface area contributed by atoms with Gasteiger partial charge in [0.2, 0.25) is 0 Å². The Kier molecular flexibility index (Phi) is 7.09. The molecule has 13 heteroatoms. The highest BCUT2D eigenvalue weighted by Gasteiger charge is 2.23. The van der Waals surface area contributed by atoms with E-state index in [1.807, 2.05) is 19.1 Å². The van der Waals surface area contributed by atoms with Gasteiger partial charge in [-0.15, -0.1) is 10.2 Å². The van der Waals surface area contributed by atoms with E-state index in [-0.39, 0.29) is 38.5 Å². The smallest absolute Gasteiger partial charge is 0.296 e. The molecular weight excluding hydrogens is 530 g/mol. The molecule has 0 fully saturated rings. The lowest BCUT2D eigenvalue weighted by atomic mass is 10.1. The molecule has 0 unspecified atom stereocenters. The number of fused-ring (bicyclic) bond motifs is 1. The van der Waals surface area contributed by atoms with E-state index in [0.717, 1.165) is 17.0 Å². The number of anilines is 1. The van der Waals surface area contributed by atoms with Crippen molar-refractivity contribution >= 4 is 59.2 Å². The van der Waals surface area contributed by atoms with Gasteiger partial charge < -0.3 is 10.8 Å². The van der Waals surface area contributed by atoms with Gasteiger partial charge in [-0.3, -0.25) is 4.55 Å². The lowest BCUT2D eigenvalue weighted by molar-refractivity contribution is 0.481. The highest BCUT2D eigenvalue weighted by Crippen LogP contribution is 2.45. The molecule has 38 heavy (non-hydrogen) atoms. The number of benzene rings is 4. The highest BCUT2D eigenvalue weighted by atomic mass is 32.2. The van der Waals surface area contributed by atoms with Gasteiger partial charge in [0.25, 0.3) is 10.1 Å². The zero-order valence-corrected chi connectivity index (χ0v) is 21.5. The summed E-state index contributed by atoms with van der Waals surface area (Å²) in [5.41, 5.74) is 7.33. The SMILES string of the molecule is C=CS(=O)(=O)c1ccc(N=Nc2c(S(=O)(=O)O)cc3ccc(N=Nc4ccc(C)cc4)c(O)c3c2N)cc1. The quantitative estimate of drug-likeness (QED) is 0.134. The molecule has 0 radical (unpaired) electrons. The molecule has 0 amide bonds. The van der Waals surface area contributed by atoms with Crippen molar-refractivity contribution in [2.75, 3.05) is 5.73 Å². The first kappa shape index (κ1) is 26.6. The van der Waals surface area contributed by atoms with Crippen molar-refractivity contribution < 1.29 is 26.5 Å². The van der Waals surface area contributed by atoms with Crippen LogP contribution in [0.1, 0.15) is 5.56 Å². The van der Waals surface area contributed by atoms with Crippen LogP contribution in [0.15, 0.2) is 109 Å². The molecule has 4 aromatic carbocycles. The number of azo groups is 2. The van der Waals surface area contributed by atoms with Gasteiger partial charge in [-0.1, -0.05) is 30.3 Å². The average molecular weight is 552 g/mol. The Morgan fingerprint density at radius 1 is 0.842 bits per heavy atom. The average Bonchev–Trinajstić information content (AvgIpc) is 2.88. The molecule has 4 N–H and O–H groups in total. The minimum atomic E-state index is -4.80. The third-order valence-corrected chi connectivity index (χ3v) is 7.70. The van der Waals surface area contributed by atoms with E-state index in [1.165, 1.54) is 36.4 Å². The van der Waals surface area contributed by atoms with Gasteiger partial charge in [0, 0.05) is 5.41 Å². The molecule has 0 bridgehead atoms. The Morgan fingerprint density at radius 3 is 2.00 bits per heavy atom. The molecule has 0 aliphatic carbocycles. The largest absolute Gasteiger partial charge is 0.505 e. The number of hydrogen-bond acceptors (Lipinski definition) is 10. The highest BCUT2D eigenvalue weighted by molar-refractivity contribution is 7.94. The maximum absolute atomic E-state index is 12.1. The Morgan fingerprint density at radius 2 is 1.42 bits per heavy atom. The van der Waals surface area contributed by atoms with Crippen LogP contribution in [0.5, 0.6) is 5.75 Å². The maximum Gasteiger partial charge on any atom is 0.296 e. The van der Waals surface area contributed by atoms with Crippen molar-refractivity contribution in [2.45, 2.75) is 16.7 Å². The number of nitrogens with two attached hydrogens (primary N) is 1. The van der Waals surface area contributed by atoms with Crippen LogP contribution in [0.3, 0.4) is 0 Å². The number of nitrogens with zero attached hydrogens (tertiary/aromatic N) is 4. The van der Waals surface area contributed by atoms with E-state index < -0.39 is 30.5 Å². The van der Waals surface area contributed by atoms with Gasteiger partial charge >= 0.3 is 0 Å². The van der Waals surface area contributed by atoms with Gasteiger partial charge in [0.1, 0.15) is 16.3 Å². The minimum absolute atomic E-state index is 0.0208. The fraction of sp³-hybridized carbons (Fsp3) is 0.0400. The van der Waals surface area contributed by atoms with Crippen LogP contribution in [0, 0.1) is 6.92 Å². The molecule has 4 rings (SSSR count). The molecule has 194 valence electrons. The maximum atomic E-state index is 12.1. The number of aryl methyl sites for hydroxylation is 1. The molecule has 0 aliphatic heterocycles. The zero-order valence-electron chi connectivity index (χ0n) is 19.8. The molecule has 11 nitrogen and oxygen atoms in total. The summed E-state index contributed by atoms with van der Waals surface area (Å²) in [4.78, 5) is -0.655. The van der Waals surface area contributed by atoms with Crippen LogP contribution in [0.2, 0.25) is 0 Å². The van der Waals surface area contributed by atoms with Crippen molar-refractivity contribution in [3.05, 3.63) is 84.3 Å². The summed E-state index contributed by atoms with van der Waals surface area (Å²) in [5.74, 6) is -0.381. The molecule has 0 aliphatic rings. The fourth-order valence-corrected chi connectivity index (χ4v) is 4.85. The van der Waals surface area contributed by atoms with Gasteiger partial charge in [-0.05, 0) is 60.8 Å². The molecule has 0 aromatic heterocycles. The van der Waals surface area contributed by atoms with Crippen molar-refractivity contribution in [3.8, 4) is 5.75 Å². The van der Waals surface area contributed by atoms with E-state index in [2.05, 4.69) is 27.0 Å². The zero-order chi connectivity index (χ0) is 27.7. The second kappa shape index (κ2) is 10.1. The van der Waals surface area contributed by atoms with Crippen LogP contribution in [0.25, 0.3) is 10.8 Å². The third-order valence-electron chi connectivity index (χ3n) is 5.47. The first-order valence-electron chi connectivity index (χ1n) is 10.8. The summed E-state index contributed by atoms with van der Waals surface area (Å²) in [6.45, 7) is 5.19. The third kappa shape index (κ3) is 5.44. The number of rotatable bonds is 7. The summed E-state index contributed by atoms with van der Waals surface area (Å²) in [7, 11) is -8.46. The van der Waals surface area contributed by atoms with Crippen molar-refractivity contribution in [1.29, 1.82) is 0 Å². The Hall–Kier alpha value is -4.46. The minimum Gasteiger partial charge on any atom is -0.505 e. The predicted molar refractivity (Wildman–Crippen MR) is 143 cm³/mol. The van der Waals surface area contributed by atoms with E-state index in [9.17, 15) is 26.5 Å². The summed E-state index contributed by atoms with van der Waals surface area (Å²) >= 11 is 0. The lowest BCUT2D eigenvalue weighted by Crippen LogP contribution is -2.01. The summed E-state index contributed by atoms with van der Waals surface area (Å²) in [5, 5.41) is 27.9. The van der Waals surface area contributed by atoms with Crippen molar-refractivity contribution in [2.24, 2.45) is 20.5 Å². The van der Waals surface area contributed by atoms with E-state index in [4.69, 9.17) is 5.73 Å². The number of phenols is 1. The number of nitrogen functional groups attached to an aromatic ring is 1. The van der Waals surface area contributed by atoms with E-state index >= 15 is 0 Å². The van der Waals surface area contributed by atoms with E-state index in [0.29, 0.717) is 5.69 Å². The molecule has 0 atom stereocenters. The van der Waals surface area contributed by atoms with Gasteiger partial charge in [0.05, 0.1) is 27.3 Å². The van der Waals surface area contributed by atoms with Crippen molar-refractivity contribution in [1.82, 2.24) is 0 Å². The standard InChI is InChI=1S/C25H21N5O6S2/c1-3-37(32,33)19-11-9-18(10-12-19)28-30-24-21(38(34,35)36)14-16-6-13-20(25(31)22(16)23(24)26)29-27-17-7-4-15(2)5-8-17/h3-14,31H,1,26H2,2H3,(H,34,35,36). The molecule has 0 saturated carbocycles. The summed E-state index contributed by atoms with van der Waals surface area (Å²) in [6, 6.07) is 16.4.